The molecule has 0 radical (unpaired) electrons. The SMILES string of the molecule is CC1=NC(N2CC3CN(c4ncc(F)cn4)CC3C2)=NC(=O)C1F. The fraction of sp³-hybridized carbons (Fsp3) is 0.533. The molecule has 0 spiro atoms. The Morgan fingerprint density at radius 1 is 1.04 bits per heavy atom. The number of anilines is 1. The molecule has 0 bridgehead atoms. The molecule has 1 aromatic rings. The zero-order valence-corrected chi connectivity index (χ0v) is 13.1. The molecule has 3 unspecified atom stereocenters. The molecule has 3 aliphatic heterocycles. The number of fused-ring (bicyclic) bond motifs is 1. The third-order valence-corrected chi connectivity index (χ3v) is 4.73. The number of likely N-dealkylation sites (tertiary alicyclic amines) is 1. The topological polar surface area (TPSA) is 74.1 Å². The molecule has 2 fully saturated rings. The Balaban J connectivity index is 1.44. The van der Waals surface area contributed by atoms with E-state index in [9.17, 15) is 13.6 Å². The lowest BCUT2D eigenvalue weighted by atomic mass is 10.0. The molecule has 3 aliphatic rings. The van der Waals surface area contributed by atoms with Crippen LogP contribution in [0.4, 0.5) is 14.7 Å². The normalized spacial score (nSPS) is 29.6. The summed E-state index contributed by atoms with van der Waals surface area (Å²) in [6, 6.07) is 0. The van der Waals surface area contributed by atoms with Gasteiger partial charge >= 0.3 is 0 Å². The standard InChI is InChI=1S/C15H16F2N6O/c1-8-12(17)13(24)21-15(20-8)23-6-9-4-22(5-10(9)7-23)14-18-2-11(16)3-19-14/h2-3,9-10,12H,4-7H2,1H3. The molecule has 4 heterocycles. The van der Waals surface area contributed by atoms with E-state index in [1.807, 2.05) is 9.80 Å². The minimum atomic E-state index is -1.72. The van der Waals surface area contributed by atoms with E-state index in [0.717, 1.165) is 25.5 Å². The van der Waals surface area contributed by atoms with Crippen molar-refractivity contribution in [3.63, 3.8) is 0 Å². The lowest BCUT2D eigenvalue weighted by Crippen LogP contribution is -2.38. The third kappa shape index (κ3) is 2.53. The molecule has 1 aromatic heterocycles. The van der Waals surface area contributed by atoms with Gasteiger partial charge in [-0.05, 0) is 6.92 Å². The van der Waals surface area contributed by atoms with Crippen LogP contribution in [0.5, 0.6) is 0 Å². The molecular formula is C15H16F2N6O. The number of hydrogen-bond acceptors (Lipinski definition) is 6. The van der Waals surface area contributed by atoms with Crippen LogP contribution >= 0.6 is 0 Å². The number of aliphatic imine (C=N–C) groups is 2. The van der Waals surface area contributed by atoms with Gasteiger partial charge in [0.15, 0.2) is 5.82 Å². The molecule has 0 aliphatic carbocycles. The summed E-state index contributed by atoms with van der Waals surface area (Å²) in [4.78, 5) is 31.5. The van der Waals surface area contributed by atoms with Crippen molar-refractivity contribution in [2.75, 3.05) is 31.1 Å². The zero-order valence-electron chi connectivity index (χ0n) is 13.1. The van der Waals surface area contributed by atoms with Crippen molar-refractivity contribution in [3.05, 3.63) is 18.2 Å². The minimum Gasteiger partial charge on any atom is -0.340 e. The number of carbonyl (C=O) groups excluding carboxylic acids is 1. The summed E-state index contributed by atoms with van der Waals surface area (Å²) in [5.74, 6) is 0.312. The Morgan fingerprint density at radius 2 is 1.62 bits per heavy atom. The van der Waals surface area contributed by atoms with Crippen molar-refractivity contribution in [3.8, 4) is 0 Å². The number of amides is 1. The fourth-order valence-corrected chi connectivity index (χ4v) is 3.50. The maximum Gasteiger partial charge on any atom is 0.289 e. The van der Waals surface area contributed by atoms with E-state index in [0.29, 0.717) is 36.8 Å². The molecule has 24 heavy (non-hydrogen) atoms. The van der Waals surface area contributed by atoms with Crippen molar-refractivity contribution in [1.82, 2.24) is 14.9 Å². The highest BCUT2D eigenvalue weighted by Gasteiger charge is 2.42. The van der Waals surface area contributed by atoms with Crippen LogP contribution in [-0.4, -0.2) is 64.8 Å². The van der Waals surface area contributed by atoms with Gasteiger partial charge in [0.1, 0.15) is 0 Å². The van der Waals surface area contributed by atoms with E-state index in [1.165, 1.54) is 6.92 Å². The van der Waals surface area contributed by atoms with Crippen molar-refractivity contribution >= 4 is 23.5 Å². The molecule has 0 N–H and O–H groups in total. The van der Waals surface area contributed by atoms with E-state index in [2.05, 4.69) is 20.0 Å². The third-order valence-electron chi connectivity index (χ3n) is 4.73. The van der Waals surface area contributed by atoms with Crippen LogP contribution in [0.2, 0.25) is 0 Å². The van der Waals surface area contributed by atoms with E-state index in [-0.39, 0.29) is 5.71 Å². The Bertz CT molecular complexity index is 720. The number of alkyl halides is 1. The second-order valence-electron chi connectivity index (χ2n) is 6.40. The van der Waals surface area contributed by atoms with Gasteiger partial charge in [-0.25, -0.2) is 23.7 Å². The molecule has 2 saturated heterocycles. The molecule has 3 atom stereocenters. The number of halogens is 2. The number of aromatic nitrogens is 2. The molecule has 0 aromatic carbocycles. The minimum absolute atomic E-state index is 0.156. The van der Waals surface area contributed by atoms with E-state index < -0.39 is 17.9 Å². The Morgan fingerprint density at radius 3 is 2.21 bits per heavy atom. The zero-order chi connectivity index (χ0) is 16.8. The molecule has 1 amide bonds. The first-order valence-corrected chi connectivity index (χ1v) is 7.80. The van der Waals surface area contributed by atoms with Gasteiger partial charge in [-0.1, -0.05) is 0 Å². The highest BCUT2D eigenvalue weighted by Crippen LogP contribution is 2.33. The van der Waals surface area contributed by atoms with Crippen LogP contribution in [0.25, 0.3) is 0 Å². The summed E-state index contributed by atoms with van der Waals surface area (Å²) in [6.07, 6.45) is 0.605. The second kappa shape index (κ2) is 5.57. The van der Waals surface area contributed by atoms with Gasteiger partial charge in [0.25, 0.3) is 5.91 Å². The van der Waals surface area contributed by atoms with E-state index in [4.69, 9.17) is 0 Å². The van der Waals surface area contributed by atoms with Crippen LogP contribution < -0.4 is 4.90 Å². The van der Waals surface area contributed by atoms with Gasteiger partial charge in [-0.15, -0.1) is 0 Å². The molecule has 0 saturated carbocycles. The van der Waals surface area contributed by atoms with Crippen LogP contribution in [0.1, 0.15) is 6.92 Å². The summed E-state index contributed by atoms with van der Waals surface area (Å²) in [5, 5.41) is 0. The number of hydrogen-bond donors (Lipinski definition) is 0. The van der Waals surface area contributed by atoms with Gasteiger partial charge in [0, 0.05) is 38.0 Å². The van der Waals surface area contributed by atoms with Gasteiger partial charge in [-0.2, -0.15) is 4.99 Å². The molecule has 7 nitrogen and oxygen atoms in total. The maximum absolute atomic E-state index is 13.5. The first-order valence-electron chi connectivity index (χ1n) is 7.80. The van der Waals surface area contributed by atoms with Gasteiger partial charge in [0.2, 0.25) is 18.1 Å². The summed E-state index contributed by atoms with van der Waals surface area (Å²) in [6.45, 7) is 4.40. The predicted octanol–water partition coefficient (Wildman–Crippen LogP) is 0.679. The first kappa shape index (κ1) is 15.1. The number of carbonyl (C=O) groups is 1. The predicted molar refractivity (Wildman–Crippen MR) is 83.2 cm³/mol. The quantitative estimate of drug-likeness (QED) is 0.755. The van der Waals surface area contributed by atoms with Gasteiger partial charge in [0.05, 0.1) is 18.1 Å². The first-order chi connectivity index (χ1) is 11.5. The van der Waals surface area contributed by atoms with Gasteiger partial charge in [-0.3, -0.25) is 4.79 Å². The van der Waals surface area contributed by atoms with Crippen molar-refractivity contribution in [1.29, 1.82) is 0 Å². The second-order valence-corrected chi connectivity index (χ2v) is 6.40. The Labute approximate surface area is 137 Å². The smallest absolute Gasteiger partial charge is 0.289 e. The molecule has 9 heteroatoms. The summed E-state index contributed by atoms with van der Waals surface area (Å²) < 4.78 is 26.4. The monoisotopic (exact) mass is 334 g/mol. The summed E-state index contributed by atoms with van der Waals surface area (Å²) >= 11 is 0. The van der Waals surface area contributed by atoms with Crippen LogP contribution in [0.3, 0.4) is 0 Å². The van der Waals surface area contributed by atoms with Crippen molar-refractivity contribution in [2.24, 2.45) is 21.8 Å². The number of guanidine groups is 1. The molecule has 126 valence electrons. The summed E-state index contributed by atoms with van der Waals surface area (Å²) in [5.41, 5.74) is 0.156. The van der Waals surface area contributed by atoms with E-state index >= 15 is 0 Å². The van der Waals surface area contributed by atoms with Crippen molar-refractivity contribution in [2.45, 2.75) is 13.1 Å². The lowest BCUT2D eigenvalue weighted by molar-refractivity contribution is -0.120. The number of nitrogens with zero attached hydrogens (tertiary/aromatic N) is 6. The highest BCUT2D eigenvalue weighted by molar-refractivity contribution is 6.16. The maximum atomic E-state index is 13.5. The largest absolute Gasteiger partial charge is 0.340 e. The van der Waals surface area contributed by atoms with Crippen LogP contribution in [-0.2, 0) is 4.79 Å². The Hall–Kier alpha value is -2.45. The van der Waals surface area contributed by atoms with Crippen LogP contribution in [0, 0.1) is 17.7 Å². The average Bonchev–Trinajstić information content (AvgIpc) is 3.11. The average molecular weight is 334 g/mol. The fourth-order valence-electron chi connectivity index (χ4n) is 3.50. The summed E-state index contributed by atoms with van der Waals surface area (Å²) in [7, 11) is 0. The van der Waals surface area contributed by atoms with E-state index in [1.54, 1.807) is 0 Å². The Kier molecular flexibility index (Phi) is 3.50. The lowest BCUT2D eigenvalue weighted by Gasteiger charge is -2.24. The highest BCUT2D eigenvalue weighted by atomic mass is 19.1. The molecule has 4 rings (SSSR count). The molecular weight excluding hydrogens is 318 g/mol. The van der Waals surface area contributed by atoms with Crippen LogP contribution in [0.15, 0.2) is 22.4 Å². The van der Waals surface area contributed by atoms with Crippen molar-refractivity contribution < 1.29 is 13.6 Å². The van der Waals surface area contributed by atoms with Gasteiger partial charge < -0.3 is 9.80 Å². The number of rotatable bonds is 1.